The summed E-state index contributed by atoms with van der Waals surface area (Å²) in [4.78, 5) is 0. The highest BCUT2D eigenvalue weighted by atomic mass is 79.9. The van der Waals surface area contributed by atoms with E-state index >= 15 is 0 Å². The van der Waals surface area contributed by atoms with Gasteiger partial charge in [0.1, 0.15) is 5.82 Å². The molecule has 0 saturated heterocycles. The van der Waals surface area contributed by atoms with Crippen molar-refractivity contribution in [2.75, 3.05) is 4.72 Å². The van der Waals surface area contributed by atoms with Gasteiger partial charge in [0, 0.05) is 0 Å². The Morgan fingerprint density at radius 1 is 1.46 bits per heavy atom. The summed E-state index contributed by atoms with van der Waals surface area (Å²) in [5.41, 5.74) is 0.925. The molecule has 0 atom stereocenters. The topological polar surface area (TPSA) is 46.2 Å². The number of anilines is 1. The van der Waals surface area contributed by atoms with Crippen molar-refractivity contribution in [3.05, 3.63) is 28.0 Å². The minimum Gasteiger partial charge on any atom is -0.283 e. The van der Waals surface area contributed by atoms with Crippen LogP contribution in [0.5, 0.6) is 0 Å². The van der Waals surface area contributed by atoms with Crippen molar-refractivity contribution >= 4 is 31.6 Å². The van der Waals surface area contributed by atoms with Crippen LogP contribution >= 0.6 is 15.9 Å². The van der Waals surface area contributed by atoms with Gasteiger partial charge >= 0.3 is 0 Å². The Balaban J connectivity index is 2.60. The van der Waals surface area contributed by atoms with Gasteiger partial charge in [-0.15, -0.1) is 0 Å². The van der Waals surface area contributed by atoms with E-state index in [1.165, 1.54) is 12.1 Å². The number of rotatable bonds is 0. The predicted octanol–water partition coefficient (Wildman–Crippen LogP) is 1.84. The van der Waals surface area contributed by atoms with Crippen molar-refractivity contribution in [1.82, 2.24) is 0 Å². The van der Waals surface area contributed by atoms with Crippen molar-refractivity contribution < 1.29 is 12.8 Å². The third kappa shape index (κ3) is 1.55. The molecule has 3 nitrogen and oxygen atoms in total. The first kappa shape index (κ1) is 8.96. The average molecular weight is 266 g/mol. The lowest BCUT2D eigenvalue weighted by molar-refractivity contribution is 0.602. The predicted molar refractivity (Wildman–Crippen MR) is 50.3 cm³/mol. The lowest BCUT2D eigenvalue weighted by Crippen LogP contribution is -2.05. The maximum atomic E-state index is 12.9. The molecule has 0 spiro atoms. The molecule has 0 aliphatic carbocycles. The zero-order valence-electron chi connectivity index (χ0n) is 6.34. The minimum absolute atomic E-state index is 0.0821. The summed E-state index contributed by atoms with van der Waals surface area (Å²) in [5, 5.41) is 0. The molecule has 1 aliphatic rings. The van der Waals surface area contributed by atoms with E-state index in [0.717, 1.165) is 0 Å². The second-order valence-electron chi connectivity index (χ2n) is 2.78. The van der Waals surface area contributed by atoms with Crippen molar-refractivity contribution in [3.8, 4) is 0 Å². The molecule has 0 radical (unpaired) electrons. The third-order valence-electron chi connectivity index (χ3n) is 1.76. The summed E-state index contributed by atoms with van der Waals surface area (Å²) in [5.74, 6) is -0.551. The zero-order valence-corrected chi connectivity index (χ0v) is 8.74. The van der Waals surface area contributed by atoms with Crippen LogP contribution in [-0.4, -0.2) is 8.42 Å². The average Bonchev–Trinajstić information content (AvgIpc) is 2.24. The fourth-order valence-corrected chi connectivity index (χ4v) is 2.85. The van der Waals surface area contributed by atoms with Gasteiger partial charge in [0.2, 0.25) is 10.0 Å². The first-order chi connectivity index (χ1) is 5.98. The van der Waals surface area contributed by atoms with Crippen molar-refractivity contribution in [2.24, 2.45) is 0 Å². The van der Waals surface area contributed by atoms with Gasteiger partial charge in [0.25, 0.3) is 0 Å². The van der Waals surface area contributed by atoms with E-state index in [0.29, 0.717) is 11.3 Å². The van der Waals surface area contributed by atoms with Gasteiger partial charge in [-0.25, -0.2) is 12.8 Å². The molecule has 70 valence electrons. The first-order valence-electron chi connectivity index (χ1n) is 3.46. The highest BCUT2D eigenvalue weighted by Crippen LogP contribution is 2.31. The fourth-order valence-electron chi connectivity index (χ4n) is 1.21. The second-order valence-corrected chi connectivity index (χ2v) is 5.36. The minimum atomic E-state index is -3.28. The molecule has 1 aliphatic heterocycles. The van der Waals surface area contributed by atoms with E-state index in [9.17, 15) is 12.8 Å². The lowest BCUT2D eigenvalue weighted by Gasteiger charge is -1.98. The monoisotopic (exact) mass is 265 g/mol. The summed E-state index contributed by atoms with van der Waals surface area (Å²) >= 11 is 2.99. The fraction of sp³-hybridized carbons (Fsp3) is 0.143. The smallest absolute Gasteiger partial charge is 0.237 e. The molecule has 1 aromatic rings. The first-order valence-corrected chi connectivity index (χ1v) is 5.91. The Morgan fingerprint density at radius 2 is 2.15 bits per heavy atom. The number of halogens is 2. The Kier molecular flexibility index (Phi) is 1.85. The zero-order chi connectivity index (χ0) is 9.64. The number of hydrogen-bond donors (Lipinski definition) is 1. The van der Waals surface area contributed by atoms with E-state index in [4.69, 9.17) is 0 Å². The van der Waals surface area contributed by atoms with E-state index < -0.39 is 15.8 Å². The number of sulfonamides is 1. The number of hydrogen-bond acceptors (Lipinski definition) is 2. The molecule has 0 unspecified atom stereocenters. The van der Waals surface area contributed by atoms with Crippen LogP contribution in [-0.2, 0) is 15.8 Å². The van der Waals surface area contributed by atoms with Crippen LogP contribution in [0.4, 0.5) is 10.1 Å². The second kappa shape index (κ2) is 2.68. The molecule has 0 bridgehead atoms. The molecule has 1 heterocycles. The molecule has 0 saturated carbocycles. The summed E-state index contributed by atoms with van der Waals surface area (Å²) < 4.78 is 37.6. The number of nitrogens with one attached hydrogen (secondary N) is 1. The van der Waals surface area contributed by atoms with Gasteiger partial charge in [0.15, 0.2) is 0 Å². The molecular formula is C7H5BrFNO2S. The SMILES string of the molecule is O=S1(=O)Cc2cc(Br)c(F)cc2N1. The molecule has 13 heavy (non-hydrogen) atoms. The Labute approximate surface area is 83.1 Å². The van der Waals surface area contributed by atoms with Crippen molar-refractivity contribution in [2.45, 2.75) is 5.75 Å². The quantitative estimate of drug-likeness (QED) is 0.778. The largest absolute Gasteiger partial charge is 0.283 e. The van der Waals surface area contributed by atoms with Crippen LogP contribution in [0.1, 0.15) is 5.56 Å². The standard InChI is InChI=1S/C7H5BrFNO2S/c8-5-1-4-3-13(11,12)10-7(4)2-6(5)9/h1-2,10H,3H2. The highest BCUT2D eigenvalue weighted by molar-refractivity contribution is 9.10. The van der Waals surface area contributed by atoms with Gasteiger partial charge in [-0.05, 0) is 33.6 Å². The molecule has 1 N–H and O–H groups in total. The number of benzene rings is 1. The van der Waals surface area contributed by atoms with Crippen LogP contribution in [0.25, 0.3) is 0 Å². The molecule has 0 fully saturated rings. The molecule has 2 rings (SSSR count). The maximum Gasteiger partial charge on any atom is 0.237 e. The lowest BCUT2D eigenvalue weighted by atomic mass is 10.2. The molecule has 6 heteroatoms. The van der Waals surface area contributed by atoms with Crippen LogP contribution in [0.2, 0.25) is 0 Å². The molecule has 0 aromatic heterocycles. The molecule has 0 amide bonds. The van der Waals surface area contributed by atoms with Gasteiger partial charge in [-0.3, -0.25) is 4.72 Å². The van der Waals surface area contributed by atoms with Crippen molar-refractivity contribution in [1.29, 1.82) is 0 Å². The Bertz CT molecular complexity index is 435. The van der Waals surface area contributed by atoms with Gasteiger partial charge in [-0.2, -0.15) is 0 Å². The van der Waals surface area contributed by atoms with Crippen molar-refractivity contribution in [3.63, 3.8) is 0 Å². The molecule has 1 aromatic carbocycles. The van der Waals surface area contributed by atoms with E-state index in [1.807, 2.05) is 0 Å². The normalized spacial score (nSPS) is 18.0. The van der Waals surface area contributed by atoms with E-state index in [2.05, 4.69) is 20.7 Å². The van der Waals surface area contributed by atoms with Gasteiger partial charge in [0.05, 0.1) is 15.9 Å². The van der Waals surface area contributed by atoms with Gasteiger partial charge in [-0.1, -0.05) is 0 Å². The summed E-state index contributed by atoms with van der Waals surface area (Å²) in [7, 11) is -3.28. The summed E-state index contributed by atoms with van der Waals surface area (Å²) in [6.45, 7) is 0. The Morgan fingerprint density at radius 3 is 2.85 bits per heavy atom. The molecular weight excluding hydrogens is 261 g/mol. The maximum absolute atomic E-state index is 12.9. The third-order valence-corrected chi connectivity index (χ3v) is 3.59. The van der Waals surface area contributed by atoms with Crippen LogP contribution in [0.3, 0.4) is 0 Å². The van der Waals surface area contributed by atoms with Crippen LogP contribution < -0.4 is 4.72 Å². The van der Waals surface area contributed by atoms with Crippen LogP contribution in [0.15, 0.2) is 16.6 Å². The van der Waals surface area contributed by atoms with E-state index in [-0.39, 0.29) is 10.2 Å². The highest BCUT2D eigenvalue weighted by Gasteiger charge is 2.24. The van der Waals surface area contributed by atoms with E-state index in [1.54, 1.807) is 0 Å². The number of fused-ring (bicyclic) bond motifs is 1. The summed E-state index contributed by atoms with van der Waals surface area (Å²) in [6.07, 6.45) is 0. The Hall–Kier alpha value is -0.620. The summed E-state index contributed by atoms with van der Waals surface area (Å²) in [6, 6.07) is 2.65. The van der Waals surface area contributed by atoms with Crippen LogP contribution in [0, 0.1) is 5.82 Å². The van der Waals surface area contributed by atoms with Gasteiger partial charge < -0.3 is 0 Å².